The minimum Gasteiger partial charge on any atom is -0.455 e. The van der Waals surface area contributed by atoms with E-state index in [0.29, 0.717) is 17.7 Å². The maximum absolute atomic E-state index is 15.0. The van der Waals surface area contributed by atoms with Crippen LogP contribution in [0.3, 0.4) is 0 Å². The zero-order chi connectivity index (χ0) is 39.2. The van der Waals surface area contributed by atoms with Crippen molar-refractivity contribution in [3.63, 3.8) is 0 Å². The fraction of sp³-hybridized carbons (Fsp3) is 0.512. The van der Waals surface area contributed by atoms with E-state index < -0.39 is 72.2 Å². The normalized spacial score (nSPS) is 25.7. The van der Waals surface area contributed by atoms with Crippen LogP contribution < -0.4 is 15.1 Å². The number of benzene rings is 2. The van der Waals surface area contributed by atoms with Crippen molar-refractivity contribution < 1.29 is 38.5 Å². The number of carbonyl (C=O) groups is 4. The molecule has 3 aliphatic heterocycles. The number of aliphatic hydroxyl groups is 1. The number of fused-ring (bicyclic) bond motifs is 1. The highest BCUT2D eigenvalue weighted by Crippen LogP contribution is 2.61. The van der Waals surface area contributed by atoms with E-state index in [2.05, 4.69) is 53.2 Å². The molecule has 1 unspecified atom stereocenters. The lowest BCUT2D eigenvalue weighted by molar-refractivity contribution is -0.163. The summed E-state index contributed by atoms with van der Waals surface area (Å²) >= 11 is 3.73. The van der Waals surface area contributed by atoms with Gasteiger partial charge in [0.2, 0.25) is 11.8 Å². The third-order valence-electron chi connectivity index (χ3n) is 10.8. The van der Waals surface area contributed by atoms with Crippen molar-refractivity contribution in [1.82, 2.24) is 10.2 Å². The van der Waals surface area contributed by atoms with E-state index >= 15 is 0 Å². The van der Waals surface area contributed by atoms with Gasteiger partial charge in [-0.3, -0.25) is 19.2 Å². The number of nitrogens with zero attached hydrogens (tertiary/aromatic N) is 3. The van der Waals surface area contributed by atoms with E-state index in [9.17, 15) is 24.3 Å². The Hall–Kier alpha value is -4.04. The largest absolute Gasteiger partial charge is 0.455 e. The summed E-state index contributed by atoms with van der Waals surface area (Å²) in [4.78, 5) is 62.0. The van der Waals surface area contributed by atoms with E-state index in [1.807, 2.05) is 30.3 Å². The summed E-state index contributed by atoms with van der Waals surface area (Å²) in [5.41, 5.74) is 0.857. The predicted octanol–water partition coefficient (Wildman–Crippen LogP) is 4.56. The Morgan fingerprint density at radius 2 is 1.76 bits per heavy atom. The highest BCUT2D eigenvalue weighted by molar-refractivity contribution is 9.09. The number of hydrogen-bond donors (Lipinski definition) is 2. The van der Waals surface area contributed by atoms with Gasteiger partial charge in [0.1, 0.15) is 17.7 Å². The Kier molecular flexibility index (Phi) is 13.8. The van der Waals surface area contributed by atoms with E-state index in [1.54, 1.807) is 48.2 Å². The molecule has 5 rings (SSSR count). The van der Waals surface area contributed by atoms with Crippen LogP contribution in [0.25, 0.3) is 0 Å². The molecule has 1 spiro atoms. The average molecular weight is 810 g/mol. The molecule has 0 saturated carbocycles. The molecule has 3 heterocycles. The lowest BCUT2D eigenvalue weighted by Gasteiger charge is -2.38. The molecule has 0 aliphatic carbocycles. The van der Waals surface area contributed by atoms with Gasteiger partial charge in [-0.25, -0.2) is 0 Å². The van der Waals surface area contributed by atoms with Crippen LogP contribution in [-0.2, 0) is 33.4 Å². The second kappa shape index (κ2) is 18.1. The summed E-state index contributed by atoms with van der Waals surface area (Å²) < 4.78 is 18.5. The molecular formula is C41H53BrN4O8. The smallest absolute Gasteiger partial charge is 0.313 e. The maximum Gasteiger partial charge on any atom is 0.313 e. The second-order valence-electron chi connectivity index (χ2n) is 14.1. The van der Waals surface area contributed by atoms with Gasteiger partial charge in [-0.2, -0.15) is 0 Å². The monoisotopic (exact) mass is 808 g/mol. The maximum atomic E-state index is 15.0. The molecule has 3 fully saturated rings. The van der Waals surface area contributed by atoms with Gasteiger partial charge < -0.3 is 39.3 Å². The molecule has 2 N–H and O–H groups in total. The van der Waals surface area contributed by atoms with Gasteiger partial charge in [0.15, 0.2) is 0 Å². The van der Waals surface area contributed by atoms with Crippen LogP contribution in [0, 0.1) is 11.8 Å². The zero-order valence-electron chi connectivity index (χ0n) is 31.6. The van der Waals surface area contributed by atoms with Crippen molar-refractivity contribution in [1.29, 1.82) is 0 Å². The first kappa shape index (κ1) is 41.1. The number of alkyl halides is 1. The number of amides is 3. The Balaban J connectivity index is 1.52. The molecular weight excluding hydrogens is 756 g/mol. The summed E-state index contributed by atoms with van der Waals surface area (Å²) in [6, 6.07) is 14.0. The molecule has 2 aromatic carbocycles. The van der Waals surface area contributed by atoms with Crippen LogP contribution in [0.5, 0.6) is 0 Å². The number of likely N-dealkylation sites (tertiary alicyclic amines) is 1. The summed E-state index contributed by atoms with van der Waals surface area (Å²) in [5.74, 6) is -3.98. The number of halogens is 1. The predicted molar refractivity (Wildman–Crippen MR) is 210 cm³/mol. The quantitative estimate of drug-likeness (QED) is 0.119. The first-order chi connectivity index (χ1) is 26.0. The molecule has 2 bridgehead atoms. The van der Waals surface area contributed by atoms with Gasteiger partial charge in [-0.1, -0.05) is 58.4 Å². The number of carbonyl (C=O) groups excluding carboxylic acids is 4. The lowest BCUT2D eigenvalue weighted by atomic mass is 9.70. The number of anilines is 2. The van der Waals surface area contributed by atoms with Crippen molar-refractivity contribution in [2.75, 3.05) is 49.8 Å². The van der Waals surface area contributed by atoms with Crippen molar-refractivity contribution in [2.45, 2.75) is 80.8 Å². The molecule has 13 heteroatoms. The Morgan fingerprint density at radius 3 is 2.35 bits per heavy atom. The molecule has 12 nitrogen and oxygen atoms in total. The lowest BCUT2D eigenvalue weighted by Crippen LogP contribution is -2.58. The molecule has 3 amide bonds. The van der Waals surface area contributed by atoms with E-state index in [1.165, 1.54) is 12.0 Å². The molecule has 2 aromatic rings. The van der Waals surface area contributed by atoms with Crippen molar-refractivity contribution in [2.24, 2.45) is 11.8 Å². The number of esters is 1. The van der Waals surface area contributed by atoms with E-state index in [0.717, 1.165) is 18.8 Å². The molecule has 292 valence electrons. The summed E-state index contributed by atoms with van der Waals surface area (Å²) in [5, 5.41) is 13.4. The van der Waals surface area contributed by atoms with E-state index in [-0.39, 0.29) is 36.7 Å². The minimum atomic E-state index is -1.40. The van der Waals surface area contributed by atoms with Crippen LogP contribution in [0.4, 0.5) is 11.4 Å². The Labute approximate surface area is 326 Å². The summed E-state index contributed by atoms with van der Waals surface area (Å²) in [6.07, 6.45) is 2.46. The van der Waals surface area contributed by atoms with Crippen LogP contribution in [0.2, 0.25) is 0 Å². The molecule has 3 aliphatic rings. The van der Waals surface area contributed by atoms with Gasteiger partial charge in [0.25, 0.3) is 5.91 Å². The number of aliphatic hydroxyl groups excluding tert-OH is 1. The van der Waals surface area contributed by atoms with Gasteiger partial charge in [-0.05, 0) is 63.4 Å². The highest BCUT2D eigenvalue weighted by Gasteiger charge is 2.77. The van der Waals surface area contributed by atoms with Gasteiger partial charge >= 0.3 is 5.97 Å². The number of rotatable bonds is 19. The van der Waals surface area contributed by atoms with Crippen LogP contribution >= 0.6 is 15.9 Å². The number of nitrogens with one attached hydrogen (secondary N) is 1. The second-order valence-corrected chi connectivity index (χ2v) is 15.3. The van der Waals surface area contributed by atoms with Gasteiger partial charge in [-0.15, -0.1) is 13.2 Å². The average Bonchev–Trinajstić information content (AvgIpc) is 3.78. The third-order valence-corrected chi connectivity index (χ3v) is 11.7. The van der Waals surface area contributed by atoms with Crippen molar-refractivity contribution in [3.05, 3.63) is 85.5 Å². The standard InChI is InChI=1S/C41H53BrN4O8/c1-7-11-17-32(48)43-31(25-52-6)35(27-15-13-12-14-16-27)53-40(51)33-34-38(49)46(26(5)24-47)37(41(34)23-30(42)36(33)54-41)39(50)45(22-8-2)29-20-18-28(19-21-29)44(9-3)10-4/h7-8,12-16,18-21,26,30-31,33-37,47H,1-2,9-11,17,22-25H2,3-6H3,(H,43,48)/t26-,30?,31-,33+,34-,35-,36+,37+,41-/m1/s1. The van der Waals surface area contributed by atoms with Crippen LogP contribution in [0.1, 0.15) is 51.7 Å². The van der Waals surface area contributed by atoms with Gasteiger partial charge in [0.05, 0.1) is 43.2 Å². The SMILES string of the molecule is C=CCCC(=O)N[C@H](COC)[C@H](OC(=O)[C@@H]1[C@H]2O[C@@]3(CC2Br)[C@H](C(=O)N(CC=C)c2ccc(N(CC)CC)cc2)N([C@H](C)CO)C(=O)[C@@H]13)c1ccccc1. The van der Waals surface area contributed by atoms with Crippen LogP contribution in [0.15, 0.2) is 79.9 Å². The summed E-state index contributed by atoms with van der Waals surface area (Å²) in [6.45, 7) is 14.9. The molecule has 0 radical (unpaired) electrons. The third kappa shape index (κ3) is 7.87. The van der Waals surface area contributed by atoms with Gasteiger partial charge in [0, 0.05) is 49.4 Å². The van der Waals surface area contributed by atoms with E-state index in [4.69, 9.17) is 14.2 Å². The highest BCUT2D eigenvalue weighted by atomic mass is 79.9. The molecule has 54 heavy (non-hydrogen) atoms. The molecule has 0 aromatic heterocycles. The number of allylic oxidation sites excluding steroid dienone is 1. The Morgan fingerprint density at radius 1 is 1.09 bits per heavy atom. The summed E-state index contributed by atoms with van der Waals surface area (Å²) in [7, 11) is 1.50. The molecule has 3 saturated heterocycles. The first-order valence-corrected chi connectivity index (χ1v) is 19.6. The fourth-order valence-corrected chi connectivity index (χ4v) is 9.28. The minimum absolute atomic E-state index is 0.0397. The van der Waals surface area contributed by atoms with Crippen molar-refractivity contribution in [3.8, 4) is 0 Å². The number of methoxy groups -OCH3 is 1. The molecule has 9 atom stereocenters. The van der Waals surface area contributed by atoms with Crippen molar-refractivity contribution >= 4 is 51.0 Å². The Bertz CT molecular complexity index is 1660. The number of hydrogen-bond acceptors (Lipinski definition) is 9. The first-order valence-electron chi connectivity index (χ1n) is 18.7. The fourth-order valence-electron chi connectivity index (χ4n) is 8.34. The number of ether oxygens (including phenoxy) is 3. The zero-order valence-corrected chi connectivity index (χ0v) is 33.2. The van der Waals surface area contributed by atoms with Crippen LogP contribution in [-0.4, -0.2) is 108 Å². The topological polar surface area (TPSA) is 138 Å².